The van der Waals surface area contributed by atoms with Crippen molar-refractivity contribution in [1.29, 1.82) is 0 Å². The van der Waals surface area contributed by atoms with Crippen LogP contribution in [0.3, 0.4) is 0 Å². The summed E-state index contributed by atoms with van der Waals surface area (Å²) in [4.78, 5) is 12.8. The number of nitrogens with one attached hydrogen (secondary N) is 1. The molecule has 2 rings (SSSR count). The third-order valence-corrected chi connectivity index (χ3v) is 2.78. The van der Waals surface area contributed by atoms with Crippen LogP contribution in [0.2, 0.25) is 0 Å². The maximum atomic E-state index is 4.33. The summed E-state index contributed by atoms with van der Waals surface area (Å²) in [6, 6.07) is 8.02. The van der Waals surface area contributed by atoms with Gasteiger partial charge in [-0.15, -0.1) is 0 Å². The van der Waals surface area contributed by atoms with Gasteiger partial charge >= 0.3 is 0 Å². The molecule has 0 radical (unpaired) electrons. The van der Waals surface area contributed by atoms with Crippen LogP contribution in [0.1, 0.15) is 44.1 Å². The van der Waals surface area contributed by atoms with Crippen LogP contribution in [0.25, 0.3) is 0 Å². The van der Waals surface area contributed by atoms with Crippen molar-refractivity contribution in [3.8, 4) is 0 Å². The fraction of sp³-hybridized carbons (Fsp3) is 0.357. The maximum Gasteiger partial charge on any atom is 0.130 e. The Balaban J connectivity index is 2.12. The molecule has 0 aliphatic carbocycles. The van der Waals surface area contributed by atoms with E-state index in [1.807, 2.05) is 24.3 Å². The van der Waals surface area contributed by atoms with E-state index in [4.69, 9.17) is 0 Å². The first-order chi connectivity index (χ1) is 8.66. The smallest absolute Gasteiger partial charge is 0.130 e. The predicted octanol–water partition coefficient (Wildman–Crippen LogP) is 3.17. The van der Waals surface area contributed by atoms with Gasteiger partial charge in [0, 0.05) is 18.0 Å². The van der Waals surface area contributed by atoms with Gasteiger partial charge in [0.15, 0.2) is 0 Å². The lowest BCUT2D eigenvalue weighted by molar-refractivity contribution is 0.799. The summed E-state index contributed by atoms with van der Waals surface area (Å²) in [6.07, 6.45) is 3.40. The minimum Gasteiger partial charge on any atom is -0.362 e. The molecule has 0 amide bonds. The Bertz CT molecular complexity index is 496. The summed E-state index contributed by atoms with van der Waals surface area (Å²) in [5.74, 6) is 1.24. The van der Waals surface area contributed by atoms with Crippen molar-refractivity contribution in [3.05, 3.63) is 48.2 Å². The van der Waals surface area contributed by atoms with E-state index in [0.29, 0.717) is 5.92 Å². The molecule has 4 heteroatoms. The summed E-state index contributed by atoms with van der Waals surface area (Å²) in [5.41, 5.74) is 2.04. The van der Waals surface area contributed by atoms with E-state index in [9.17, 15) is 0 Å². The summed E-state index contributed by atoms with van der Waals surface area (Å²) in [5, 5.41) is 3.34. The summed E-state index contributed by atoms with van der Waals surface area (Å²) in [7, 11) is 0. The van der Waals surface area contributed by atoms with Crippen molar-refractivity contribution >= 4 is 5.82 Å². The first-order valence-electron chi connectivity index (χ1n) is 6.16. The second-order valence-electron chi connectivity index (χ2n) is 4.60. The Morgan fingerprint density at radius 1 is 1.00 bits per heavy atom. The second kappa shape index (κ2) is 5.58. The van der Waals surface area contributed by atoms with Crippen molar-refractivity contribution in [1.82, 2.24) is 15.0 Å². The highest BCUT2D eigenvalue weighted by atomic mass is 15.0. The highest BCUT2D eigenvalue weighted by Gasteiger charge is 2.08. The Morgan fingerprint density at radius 3 is 2.50 bits per heavy atom. The van der Waals surface area contributed by atoms with Gasteiger partial charge in [0.05, 0.1) is 11.7 Å². The molecule has 1 unspecified atom stereocenters. The largest absolute Gasteiger partial charge is 0.362 e. The number of nitrogens with zero attached hydrogens (tertiary/aromatic N) is 3. The monoisotopic (exact) mass is 242 g/mol. The fourth-order valence-electron chi connectivity index (χ4n) is 1.69. The van der Waals surface area contributed by atoms with Crippen LogP contribution in [0, 0.1) is 0 Å². The van der Waals surface area contributed by atoms with E-state index in [1.54, 1.807) is 12.5 Å². The number of pyridine rings is 1. The molecule has 0 bridgehead atoms. The zero-order valence-corrected chi connectivity index (χ0v) is 11.0. The van der Waals surface area contributed by atoms with Gasteiger partial charge < -0.3 is 5.32 Å². The van der Waals surface area contributed by atoms with E-state index in [-0.39, 0.29) is 6.04 Å². The fourth-order valence-corrected chi connectivity index (χ4v) is 1.69. The Hall–Kier alpha value is -1.97. The highest BCUT2D eigenvalue weighted by Crippen LogP contribution is 2.18. The molecule has 0 saturated carbocycles. The summed E-state index contributed by atoms with van der Waals surface area (Å²) in [6.45, 7) is 6.31. The minimum atomic E-state index is 0.126. The van der Waals surface area contributed by atoms with Gasteiger partial charge in [-0.25, -0.2) is 9.97 Å². The van der Waals surface area contributed by atoms with Crippen molar-refractivity contribution < 1.29 is 0 Å². The molecule has 2 aromatic rings. The normalized spacial score (nSPS) is 12.4. The van der Waals surface area contributed by atoms with Gasteiger partial charge in [-0.2, -0.15) is 0 Å². The van der Waals surface area contributed by atoms with E-state index < -0.39 is 0 Å². The Morgan fingerprint density at radius 2 is 1.83 bits per heavy atom. The number of rotatable bonds is 4. The van der Waals surface area contributed by atoms with Crippen molar-refractivity contribution in [2.75, 3.05) is 5.32 Å². The molecule has 4 nitrogen and oxygen atoms in total. The SMILES string of the molecule is CC(C)c1cc(NC(C)c2ccccn2)ncn1. The molecule has 0 saturated heterocycles. The summed E-state index contributed by atoms with van der Waals surface area (Å²) < 4.78 is 0. The minimum absolute atomic E-state index is 0.126. The molecule has 94 valence electrons. The number of hydrogen-bond donors (Lipinski definition) is 1. The van der Waals surface area contributed by atoms with Crippen LogP contribution in [-0.4, -0.2) is 15.0 Å². The van der Waals surface area contributed by atoms with Gasteiger partial charge in [-0.1, -0.05) is 19.9 Å². The van der Waals surface area contributed by atoms with Gasteiger partial charge in [0.2, 0.25) is 0 Å². The maximum absolute atomic E-state index is 4.33. The van der Waals surface area contributed by atoms with Gasteiger partial charge in [0.25, 0.3) is 0 Å². The van der Waals surface area contributed by atoms with E-state index >= 15 is 0 Å². The first-order valence-corrected chi connectivity index (χ1v) is 6.16. The zero-order chi connectivity index (χ0) is 13.0. The van der Waals surface area contributed by atoms with Crippen molar-refractivity contribution in [2.24, 2.45) is 0 Å². The molecule has 0 aromatic carbocycles. The highest BCUT2D eigenvalue weighted by molar-refractivity contribution is 5.38. The van der Waals surface area contributed by atoms with E-state index in [0.717, 1.165) is 17.2 Å². The average Bonchev–Trinajstić information content (AvgIpc) is 2.40. The topological polar surface area (TPSA) is 50.7 Å². The molecule has 2 heterocycles. The Kier molecular flexibility index (Phi) is 3.87. The molecule has 0 fully saturated rings. The lowest BCUT2D eigenvalue weighted by atomic mass is 10.1. The molecule has 2 aromatic heterocycles. The van der Waals surface area contributed by atoms with E-state index in [2.05, 4.69) is 41.0 Å². The molecule has 0 aliphatic heterocycles. The summed E-state index contributed by atoms with van der Waals surface area (Å²) >= 11 is 0. The third-order valence-electron chi connectivity index (χ3n) is 2.78. The van der Waals surface area contributed by atoms with Crippen LogP contribution < -0.4 is 5.32 Å². The van der Waals surface area contributed by atoms with Gasteiger partial charge in [-0.05, 0) is 25.0 Å². The van der Waals surface area contributed by atoms with Crippen LogP contribution in [0.4, 0.5) is 5.82 Å². The Labute approximate surface area is 108 Å². The molecular formula is C14H18N4. The number of hydrogen-bond acceptors (Lipinski definition) is 4. The molecule has 18 heavy (non-hydrogen) atoms. The van der Waals surface area contributed by atoms with Gasteiger partial charge in [-0.3, -0.25) is 4.98 Å². The van der Waals surface area contributed by atoms with E-state index in [1.165, 1.54) is 0 Å². The van der Waals surface area contributed by atoms with Crippen LogP contribution >= 0.6 is 0 Å². The standard InChI is InChI=1S/C14H18N4/c1-10(2)13-8-14(17-9-16-13)18-11(3)12-6-4-5-7-15-12/h4-11H,1-3H3,(H,16,17,18). The predicted molar refractivity (Wildman–Crippen MR) is 72.4 cm³/mol. The zero-order valence-electron chi connectivity index (χ0n) is 11.0. The van der Waals surface area contributed by atoms with Crippen LogP contribution in [0.15, 0.2) is 36.8 Å². The quantitative estimate of drug-likeness (QED) is 0.894. The van der Waals surface area contributed by atoms with Crippen molar-refractivity contribution in [2.45, 2.75) is 32.7 Å². The molecular weight excluding hydrogens is 224 g/mol. The molecule has 1 atom stereocenters. The third kappa shape index (κ3) is 3.03. The number of anilines is 1. The lowest BCUT2D eigenvalue weighted by Crippen LogP contribution is -2.10. The first kappa shape index (κ1) is 12.5. The average molecular weight is 242 g/mol. The molecule has 1 N–H and O–H groups in total. The molecule has 0 aliphatic rings. The second-order valence-corrected chi connectivity index (χ2v) is 4.60. The van der Waals surface area contributed by atoms with Crippen LogP contribution in [0.5, 0.6) is 0 Å². The molecule has 0 spiro atoms. The van der Waals surface area contributed by atoms with Crippen molar-refractivity contribution in [3.63, 3.8) is 0 Å². The van der Waals surface area contributed by atoms with Gasteiger partial charge in [0.1, 0.15) is 12.1 Å². The van der Waals surface area contributed by atoms with Crippen LogP contribution in [-0.2, 0) is 0 Å². The lowest BCUT2D eigenvalue weighted by Gasteiger charge is -2.14. The number of aromatic nitrogens is 3.